The Balaban J connectivity index is 2.08. The second-order valence-corrected chi connectivity index (χ2v) is 7.98. The SMILES string of the molecule is Cn1ncc(Br)c1C(NN)C1CCC(C(C)(C)C)CC1. The molecule has 1 unspecified atom stereocenters. The zero-order valence-corrected chi connectivity index (χ0v) is 14.6. The van der Waals surface area contributed by atoms with Crippen molar-refractivity contribution in [1.29, 1.82) is 0 Å². The molecule has 0 amide bonds. The van der Waals surface area contributed by atoms with Gasteiger partial charge in [0, 0.05) is 7.05 Å². The van der Waals surface area contributed by atoms with Gasteiger partial charge in [0.25, 0.3) is 0 Å². The summed E-state index contributed by atoms with van der Waals surface area (Å²) in [6, 6.07) is 0.179. The lowest BCUT2D eigenvalue weighted by Crippen LogP contribution is -2.38. The van der Waals surface area contributed by atoms with Gasteiger partial charge in [-0.2, -0.15) is 5.10 Å². The molecular formula is C15H27BrN4. The van der Waals surface area contributed by atoms with Crippen molar-refractivity contribution in [3.63, 3.8) is 0 Å². The summed E-state index contributed by atoms with van der Waals surface area (Å²) in [4.78, 5) is 0. The van der Waals surface area contributed by atoms with Crippen LogP contribution in [-0.4, -0.2) is 9.78 Å². The second-order valence-electron chi connectivity index (χ2n) is 7.12. The Labute approximate surface area is 130 Å². The van der Waals surface area contributed by atoms with E-state index in [0.717, 1.165) is 16.1 Å². The number of hydrogen-bond donors (Lipinski definition) is 2. The van der Waals surface area contributed by atoms with Crippen molar-refractivity contribution in [3.05, 3.63) is 16.4 Å². The normalized spacial score (nSPS) is 25.7. The standard InChI is InChI=1S/C15H27BrN4/c1-15(2,3)11-7-5-10(6-8-11)13(19-17)14-12(16)9-18-20(14)4/h9-11,13,19H,5-8,17H2,1-4H3. The quantitative estimate of drug-likeness (QED) is 0.652. The van der Waals surface area contributed by atoms with E-state index in [0.29, 0.717) is 11.3 Å². The topological polar surface area (TPSA) is 55.9 Å². The zero-order valence-electron chi connectivity index (χ0n) is 13.0. The van der Waals surface area contributed by atoms with Crippen molar-refractivity contribution in [1.82, 2.24) is 15.2 Å². The van der Waals surface area contributed by atoms with E-state index in [1.54, 1.807) is 0 Å². The minimum Gasteiger partial charge on any atom is -0.271 e. The van der Waals surface area contributed by atoms with Crippen LogP contribution in [0.5, 0.6) is 0 Å². The number of rotatable bonds is 3. The molecule has 0 spiro atoms. The molecule has 0 aliphatic heterocycles. The molecule has 0 saturated heterocycles. The maximum atomic E-state index is 5.84. The first-order valence-corrected chi connectivity index (χ1v) is 8.27. The first-order chi connectivity index (χ1) is 9.34. The van der Waals surface area contributed by atoms with E-state index >= 15 is 0 Å². The van der Waals surface area contributed by atoms with Crippen LogP contribution >= 0.6 is 15.9 Å². The number of hydrazine groups is 1. The maximum Gasteiger partial charge on any atom is 0.0708 e. The summed E-state index contributed by atoms with van der Waals surface area (Å²) in [7, 11) is 1.98. The average Bonchev–Trinajstić information content (AvgIpc) is 2.71. The summed E-state index contributed by atoms with van der Waals surface area (Å²) in [5, 5.41) is 4.31. The van der Waals surface area contributed by atoms with Crippen molar-refractivity contribution in [2.45, 2.75) is 52.5 Å². The molecule has 4 nitrogen and oxygen atoms in total. The Bertz CT molecular complexity index is 422. The highest BCUT2D eigenvalue weighted by molar-refractivity contribution is 9.10. The summed E-state index contributed by atoms with van der Waals surface area (Å²) in [6.07, 6.45) is 6.90. The van der Waals surface area contributed by atoms with E-state index in [2.05, 4.69) is 47.2 Å². The summed E-state index contributed by atoms with van der Waals surface area (Å²) >= 11 is 3.59. The van der Waals surface area contributed by atoms with Crippen LogP contribution < -0.4 is 11.3 Å². The van der Waals surface area contributed by atoms with Crippen molar-refractivity contribution in [3.8, 4) is 0 Å². The molecule has 3 N–H and O–H groups in total. The first kappa shape index (κ1) is 16.0. The largest absolute Gasteiger partial charge is 0.271 e. The van der Waals surface area contributed by atoms with Gasteiger partial charge in [0.15, 0.2) is 0 Å². The lowest BCUT2D eigenvalue weighted by molar-refractivity contribution is 0.131. The third-order valence-electron chi connectivity index (χ3n) is 4.88. The molecule has 1 saturated carbocycles. The van der Waals surface area contributed by atoms with Crippen molar-refractivity contribution >= 4 is 15.9 Å². The van der Waals surface area contributed by atoms with Crippen LogP contribution in [0.2, 0.25) is 0 Å². The molecule has 1 aromatic rings. The lowest BCUT2D eigenvalue weighted by atomic mass is 9.68. The minimum atomic E-state index is 0.179. The third kappa shape index (κ3) is 3.26. The summed E-state index contributed by atoms with van der Waals surface area (Å²) in [6.45, 7) is 7.07. The molecule has 1 fully saturated rings. The molecule has 1 aromatic heterocycles. The third-order valence-corrected chi connectivity index (χ3v) is 5.49. The number of nitrogens with zero attached hydrogens (tertiary/aromatic N) is 2. The summed E-state index contributed by atoms with van der Waals surface area (Å²) < 4.78 is 2.96. The van der Waals surface area contributed by atoms with E-state index in [4.69, 9.17) is 5.84 Å². The molecule has 1 aliphatic rings. The monoisotopic (exact) mass is 342 g/mol. The molecule has 1 atom stereocenters. The zero-order chi connectivity index (χ0) is 14.9. The van der Waals surface area contributed by atoms with Crippen LogP contribution in [0.25, 0.3) is 0 Å². The highest BCUT2D eigenvalue weighted by Crippen LogP contribution is 2.43. The molecule has 0 aromatic carbocycles. The van der Waals surface area contributed by atoms with E-state index in [1.807, 2.05) is 17.9 Å². The van der Waals surface area contributed by atoms with Gasteiger partial charge >= 0.3 is 0 Å². The van der Waals surface area contributed by atoms with Gasteiger partial charge in [-0.3, -0.25) is 16.0 Å². The molecule has 2 rings (SSSR count). The Kier molecular flexibility index (Phi) is 4.92. The maximum absolute atomic E-state index is 5.84. The number of nitrogens with one attached hydrogen (secondary N) is 1. The van der Waals surface area contributed by atoms with Crippen LogP contribution in [0, 0.1) is 17.3 Å². The molecule has 5 heteroatoms. The van der Waals surface area contributed by atoms with Gasteiger partial charge in [0.1, 0.15) is 0 Å². The van der Waals surface area contributed by atoms with Gasteiger partial charge in [-0.15, -0.1) is 0 Å². The van der Waals surface area contributed by atoms with Crippen molar-refractivity contribution < 1.29 is 0 Å². The van der Waals surface area contributed by atoms with Gasteiger partial charge in [-0.25, -0.2) is 0 Å². The fraction of sp³-hybridized carbons (Fsp3) is 0.800. The Morgan fingerprint density at radius 1 is 1.35 bits per heavy atom. The smallest absolute Gasteiger partial charge is 0.0708 e. The number of aromatic nitrogens is 2. The highest BCUT2D eigenvalue weighted by Gasteiger charge is 2.34. The van der Waals surface area contributed by atoms with Gasteiger partial charge < -0.3 is 0 Å². The van der Waals surface area contributed by atoms with Crippen LogP contribution in [-0.2, 0) is 7.05 Å². The van der Waals surface area contributed by atoms with Crippen LogP contribution in [0.15, 0.2) is 10.7 Å². The van der Waals surface area contributed by atoms with E-state index in [1.165, 1.54) is 25.7 Å². The second kappa shape index (κ2) is 6.16. The molecule has 1 heterocycles. The predicted octanol–water partition coefficient (Wildman–Crippen LogP) is 3.54. The highest BCUT2D eigenvalue weighted by atomic mass is 79.9. The first-order valence-electron chi connectivity index (χ1n) is 7.48. The Morgan fingerprint density at radius 2 is 1.95 bits per heavy atom. The van der Waals surface area contributed by atoms with Gasteiger partial charge in [-0.1, -0.05) is 20.8 Å². The Hall–Kier alpha value is -0.390. The minimum absolute atomic E-state index is 0.179. The van der Waals surface area contributed by atoms with E-state index in [-0.39, 0.29) is 6.04 Å². The average molecular weight is 343 g/mol. The van der Waals surface area contributed by atoms with Gasteiger partial charge in [0.2, 0.25) is 0 Å². The molecule has 0 bridgehead atoms. The Morgan fingerprint density at radius 3 is 2.35 bits per heavy atom. The molecule has 1 aliphatic carbocycles. The molecule has 0 radical (unpaired) electrons. The van der Waals surface area contributed by atoms with Gasteiger partial charge in [-0.05, 0) is 58.9 Å². The number of nitrogens with two attached hydrogens (primary N) is 1. The van der Waals surface area contributed by atoms with Gasteiger partial charge in [0.05, 0.1) is 22.4 Å². The van der Waals surface area contributed by atoms with Crippen LogP contribution in [0.3, 0.4) is 0 Å². The lowest BCUT2D eigenvalue weighted by Gasteiger charge is -2.39. The number of hydrogen-bond acceptors (Lipinski definition) is 3. The van der Waals surface area contributed by atoms with E-state index in [9.17, 15) is 0 Å². The van der Waals surface area contributed by atoms with Crippen LogP contribution in [0.1, 0.15) is 58.2 Å². The predicted molar refractivity (Wildman–Crippen MR) is 85.9 cm³/mol. The molecular weight excluding hydrogens is 316 g/mol. The fourth-order valence-electron chi connectivity index (χ4n) is 3.53. The summed E-state index contributed by atoms with van der Waals surface area (Å²) in [5.41, 5.74) is 4.60. The van der Waals surface area contributed by atoms with Crippen LogP contribution in [0.4, 0.5) is 0 Å². The van der Waals surface area contributed by atoms with E-state index < -0.39 is 0 Å². The van der Waals surface area contributed by atoms with Crippen molar-refractivity contribution in [2.75, 3.05) is 0 Å². The molecule has 20 heavy (non-hydrogen) atoms. The number of halogens is 1. The van der Waals surface area contributed by atoms with Crippen molar-refractivity contribution in [2.24, 2.45) is 30.1 Å². The molecule has 114 valence electrons. The summed E-state index contributed by atoms with van der Waals surface area (Å²) in [5.74, 6) is 7.26. The number of aryl methyl sites for hydroxylation is 1. The fourth-order valence-corrected chi connectivity index (χ4v) is 4.12.